The Kier molecular flexibility index (Phi) is 21.0. The Labute approximate surface area is 598 Å². The number of nitrogens with one attached hydrogen (secondary N) is 4. The van der Waals surface area contributed by atoms with Crippen molar-refractivity contribution in [3.8, 4) is 17.1 Å². The number of Topliss-reactive ketones (excluding diaryl/α,β-unsaturated/α-hetero) is 3. The highest BCUT2D eigenvalue weighted by atomic mass is 19.4. The van der Waals surface area contributed by atoms with Gasteiger partial charge < -0.3 is 39.3 Å². The molecule has 0 unspecified atom stereocenters. The highest BCUT2D eigenvalue weighted by Crippen LogP contribution is 2.51. The Balaban J connectivity index is 0.000000141. The molecule has 7 aliphatic heterocycles. The fourth-order valence-electron chi connectivity index (χ4n) is 13.4. The number of alkyl halides is 8. The first-order valence-electron chi connectivity index (χ1n) is 34.2. The van der Waals surface area contributed by atoms with E-state index in [-0.39, 0.29) is 77.9 Å². The molecular formula is C68H72F8N20O10. The summed E-state index contributed by atoms with van der Waals surface area (Å²) in [5.41, 5.74) is 3.37. The van der Waals surface area contributed by atoms with E-state index in [1.54, 1.807) is 48.7 Å². The van der Waals surface area contributed by atoms with E-state index in [1.807, 2.05) is 11.0 Å². The first-order chi connectivity index (χ1) is 50.7. The van der Waals surface area contributed by atoms with Crippen molar-refractivity contribution in [1.82, 2.24) is 50.5 Å². The topological polar surface area (TPSA) is 352 Å². The lowest BCUT2D eigenvalue weighted by Crippen LogP contribution is -2.48. The zero-order chi connectivity index (χ0) is 74.9. The summed E-state index contributed by atoms with van der Waals surface area (Å²) < 4.78 is 115. The molecule has 0 spiro atoms. The summed E-state index contributed by atoms with van der Waals surface area (Å²) in [4.78, 5) is 116. The van der Waals surface area contributed by atoms with E-state index < -0.39 is 97.0 Å². The number of hydrogen-bond donors (Lipinski definition) is 6. The summed E-state index contributed by atoms with van der Waals surface area (Å²) in [5.74, 6) is -6.94. The van der Waals surface area contributed by atoms with Gasteiger partial charge in [-0.3, -0.25) is 45.0 Å². The van der Waals surface area contributed by atoms with E-state index in [4.69, 9.17) is 14.6 Å². The maximum Gasteiger partial charge on any atom is 0.391 e. The molecule has 7 aromatic rings. The van der Waals surface area contributed by atoms with Crippen LogP contribution in [0.4, 0.5) is 107 Å². The van der Waals surface area contributed by atoms with Gasteiger partial charge >= 0.3 is 30.4 Å². The third kappa shape index (κ3) is 16.3. The number of fused-ring (bicyclic) bond motifs is 12. The van der Waals surface area contributed by atoms with Crippen molar-refractivity contribution in [2.45, 2.75) is 101 Å². The molecule has 1 saturated carbocycles. The molecule has 7 aromatic heterocycles. The summed E-state index contributed by atoms with van der Waals surface area (Å²) in [6, 6.07) is 17.3. The molecule has 30 nitrogen and oxygen atoms in total. The maximum atomic E-state index is 13.4. The molecule has 14 heterocycles. The zero-order valence-corrected chi connectivity index (χ0v) is 57.0. The van der Waals surface area contributed by atoms with Gasteiger partial charge in [-0.05, 0) is 85.1 Å². The number of aromatic nitrogens is 10. The second kappa shape index (κ2) is 30.3. The number of pyridine rings is 6. The molecule has 7 atom stereocenters. The van der Waals surface area contributed by atoms with Crippen LogP contribution < -0.4 is 55.0 Å². The lowest BCUT2D eigenvalue weighted by molar-refractivity contribution is -0.169. The van der Waals surface area contributed by atoms with Crippen molar-refractivity contribution < 1.29 is 83.6 Å². The molecule has 0 radical (unpaired) electrons. The van der Waals surface area contributed by atoms with Crippen molar-refractivity contribution >= 4 is 93.1 Å². The third-order valence-corrected chi connectivity index (χ3v) is 19.4. The number of anilines is 10. The quantitative estimate of drug-likeness (QED) is 0.0345. The number of aliphatic hydroxyl groups is 2. The number of amides is 6. The SMILES string of the molecule is C[C@@H](CC(=O)c1ccc2c(n1)N(C(=O)Nc1cc(-c3nn[nH]n3)ccn1)[C@H]1CCN2C1)C(F)(F)F.C[C@@H](CC(=O)c1ccc2c(n1)N(C(=O)Nc1cc(N3CCOCC3)ccn1)[C@H]1CCN2C1)C(F)(F)F.O=C(C[C@@H]1CC1(F)F)c1ccc2c(n1)N(C(=O)Nc1cc(OC[C@H](O)CO)ccn1)[C@H]1CCN2C1. The second-order valence-electron chi connectivity index (χ2n) is 26.8. The average Bonchev–Trinajstić information content (AvgIpc) is 1.54. The van der Waals surface area contributed by atoms with E-state index in [0.717, 1.165) is 39.2 Å². The molecule has 6 N–H and O–H groups in total. The van der Waals surface area contributed by atoms with Crippen LogP contribution in [0.1, 0.15) is 90.3 Å². The number of nitrogens with zero attached hydrogens (tertiary/aromatic N) is 16. The van der Waals surface area contributed by atoms with Crippen molar-refractivity contribution in [2.24, 2.45) is 17.8 Å². The third-order valence-electron chi connectivity index (χ3n) is 19.4. The van der Waals surface area contributed by atoms with Gasteiger partial charge in [0.1, 0.15) is 53.0 Å². The number of morpholine rings is 1. The first-order valence-corrected chi connectivity index (χ1v) is 34.2. The standard InChI is InChI=1S/C24H27F3N6O3.C23H25F2N5O5.C21H20F3N9O2/c1-15(24(25,26)27)12-20(34)18-2-3-19-22(29-18)33(17-5-7-32(19)14-17)23(35)30-21-13-16(4-6-28-21)31-8-10-36-11-9-31;24-23(25)9-13(23)7-19(33)17-1-2-18-21(27-17)30(14-4-6-29(18)10-14)22(34)28-20-8-16(3-5-26-20)35-12-15(32)11-31;1-11(21(22,23)24)8-16(34)14-2-3-15-19(26-14)33(13-5-7-32(15)10-13)20(35)27-17-9-12(4-6-25-17)18-28-30-31-29-18/h2-4,6,13,15,17H,5,7-12,14H2,1H3,(H,28,30,35);1-3,5,8,13-15,31-32H,4,6-7,9-12H2,(H,26,28,34);2-4,6,9,11,13H,5,7-8,10H2,1H3,(H,25,27,35)(H,28,29,30,31)/t15-,17-;13-,14+,15-;11-,13-/m010/s1. The lowest BCUT2D eigenvalue weighted by atomic mass is 10.0. The summed E-state index contributed by atoms with van der Waals surface area (Å²) in [6.07, 6.45) is -5.35. The van der Waals surface area contributed by atoms with Crippen LogP contribution >= 0.6 is 0 Å². The Hall–Kier alpha value is -10.9. The Morgan fingerprint density at radius 2 is 1.05 bits per heavy atom. The minimum Gasteiger partial charge on any atom is -0.491 e. The smallest absolute Gasteiger partial charge is 0.391 e. The predicted octanol–water partition coefficient (Wildman–Crippen LogP) is 8.84. The van der Waals surface area contributed by atoms with Gasteiger partial charge in [-0.1, -0.05) is 13.8 Å². The Bertz CT molecular complexity index is 4440. The zero-order valence-electron chi connectivity index (χ0n) is 57.0. The van der Waals surface area contributed by atoms with Crippen LogP contribution in [-0.4, -0.2) is 217 Å². The van der Waals surface area contributed by atoms with Crippen LogP contribution in [0, 0.1) is 17.8 Å². The molecular weight excluding hydrogens is 1410 g/mol. The average molecular weight is 1480 g/mol. The summed E-state index contributed by atoms with van der Waals surface area (Å²) in [5, 5.41) is 40.3. The van der Waals surface area contributed by atoms with E-state index in [1.165, 1.54) is 51.4 Å². The van der Waals surface area contributed by atoms with E-state index in [2.05, 4.69) is 81.2 Å². The molecule has 15 rings (SSSR count). The van der Waals surface area contributed by atoms with Crippen LogP contribution in [0.5, 0.6) is 5.75 Å². The largest absolute Gasteiger partial charge is 0.491 e. The van der Waals surface area contributed by atoms with Crippen LogP contribution in [0.25, 0.3) is 11.4 Å². The van der Waals surface area contributed by atoms with Crippen molar-refractivity contribution in [3.05, 3.63) is 108 Å². The first kappa shape index (κ1) is 73.4. The van der Waals surface area contributed by atoms with Gasteiger partial charge in [0, 0.05) is 126 Å². The summed E-state index contributed by atoms with van der Waals surface area (Å²) >= 11 is 0. The molecule has 0 aromatic carbocycles. The molecule has 38 heteroatoms. The molecule has 106 heavy (non-hydrogen) atoms. The van der Waals surface area contributed by atoms with Gasteiger partial charge in [-0.15, -0.1) is 10.2 Å². The number of carbonyl (C=O) groups excluding carboxylic acids is 6. The Morgan fingerprint density at radius 3 is 1.49 bits per heavy atom. The van der Waals surface area contributed by atoms with Gasteiger partial charge in [0.05, 0.1) is 66.8 Å². The van der Waals surface area contributed by atoms with Crippen LogP contribution in [-0.2, 0) is 4.74 Å². The van der Waals surface area contributed by atoms with Crippen molar-refractivity contribution in [1.29, 1.82) is 0 Å². The lowest BCUT2D eigenvalue weighted by Gasteiger charge is -2.35. The number of urea groups is 3. The molecule has 4 saturated heterocycles. The van der Waals surface area contributed by atoms with Gasteiger partial charge in [0.25, 0.3) is 5.92 Å². The summed E-state index contributed by atoms with van der Waals surface area (Å²) in [7, 11) is 0. The predicted molar refractivity (Wildman–Crippen MR) is 367 cm³/mol. The number of tetrazole rings is 1. The fourth-order valence-corrected chi connectivity index (χ4v) is 13.4. The number of aromatic amines is 1. The van der Waals surface area contributed by atoms with Gasteiger partial charge in [0.2, 0.25) is 5.82 Å². The number of H-pyrrole nitrogens is 1. The number of rotatable bonds is 18. The normalized spacial score (nSPS) is 20.1. The number of ketones is 3. The monoisotopic (exact) mass is 1480 g/mol. The Morgan fingerprint density at radius 1 is 0.604 bits per heavy atom. The van der Waals surface area contributed by atoms with E-state index in [9.17, 15) is 69.0 Å². The summed E-state index contributed by atoms with van der Waals surface area (Å²) in [6.45, 7) is 8.02. The minimum atomic E-state index is -4.48. The molecule has 8 aliphatic rings. The second-order valence-corrected chi connectivity index (χ2v) is 26.8. The van der Waals surface area contributed by atoms with Crippen LogP contribution in [0.3, 0.4) is 0 Å². The number of carbonyl (C=O) groups is 6. The van der Waals surface area contributed by atoms with Gasteiger partial charge in [-0.2, -0.15) is 31.6 Å². The molecule has 6 amide bonds. The molecule has 560 valence electrons. The van der Waals surface area contributed by atoms with Gasteiger partial charge in [0.15, 0.2) is 34.8 Å². The highest BCUT2D eigenvalue weighted by molar-refractivity contribution is 6.08. The molecule has 6 bridgehead atoms. The van der Waals surface area contributed by atoms with Crippen LogP contribution in [0.2, 0.25) is 0 Å². The maximum absolute atomic E-state index is 13.4. The number of halogens is 8. The molecule has 1 aliphatic carbocycles. The van der Waals surface area contributed by atoms with Crippen molar-refractivity contribution in [3.63, 3.8) is 0 Å². The number of aliphatic hydroxyl groups excluding tert-OH is 2. The minimum absolute atomic E-state index is 0.0581. The van der Waals surface area contributed by atoms with E-state index >= 15 is 0 Å². The number of hydrogen-bond acceptors (Lipinski definition) is 23. The van der Waals surface area contributed by atoms with Gasteiger partial charge in [-0.25, -0.2) is 53.1 Å². The highest BCUT2D eigenvalue weighted by Gasteiger charge is 2.57. The van der Waals surface area contributed by atoms with Crippen molar-refractivity contribution in [2.75, 3.05) is 129 Å². The molecule has 5 fully saturated rings. The van der Waals surface area contributed by atoms with Crippen LogP contribution in [0.15, 0.2) is 91.4 Å². The fraction of sp³-hybridized carbons (Fsp3) is 0.456. The van der Waals surface area contributed by atoms with E-state index in [0.29, 0.717) is 111 Å². The number of ether oxygens (including phenoxy) is 2.